The van der Waals surface area contributed by atoms with E-state index in [2.05, 4.69) is 0 Å². The van der Waals surface area contributed by atoms with Crippen molar-refractivity contribution in [3.8, 4) is 11.1 Å². The van der Waals surface area contributed by atoms with Crippen molar-refractivity contribution in [3.05, 3.63) is 47.4 Å². The summed E-state index contributed by atoms with van der Waals surface area (Å²) >= 11 is 0. The lowest BCUT2D eigenvalue weighted by atomic mass is 9.88. The number of methoxy groups -OCH3 is 1. The number of rotatable bonds is 12. The molecule has 0 unspecified atom stereocenters. The van der Waals surface area contributed by atoms with Gasteiger partial charge in [0.15, 0.2) is 5.76 Å². The Kier molecular flexibility index (Phi) is 9.28. The maximum atomic E-state index is 13.5. The quantitative estimate of drug-likeness (QED) is 0.254. The number of carbonyl (C=O) groups excluding carboxylic acids is 3. The van der Waals surface area contributed by atoms with E-state index in [9.17, 15) is 14.4 Å². The first-order valence-electron chi connectivity index (χ1n) is 12.5. The van der Waals surface area contributed by atoms with E-state index in [1.54, 1.807) is 19.9 Å². The van der Waals surface area contributed by atoms with Crippen LogP contribution in [0.5, 0.6) is 0 Å². The number of ether oxygens (including phenoxy) is 3. The zero-order valence-electron chi connectivity index (χ0n) is 22.4. The molecule has 0 spiro atoms. The highest BCUT2D eigenvalue weighted by molar-refractivity contribution is 6.14. The van der Waals surface area contributed by atoms with Crippen molar-refractivity contribution in [1.82, 2.24) is 4.90 Å². The average Bonchev–Trinajstić information content (AvgIpc) is 3.36. The molecule has 1 aliphatic heterocycles. The number of furan rings is 1. The predicted octanol–water partition coefficient (Wildman–Crippen LogP) is 4.18. The molecular formula is C28H37NO8. The number of benzene rings is 1. The van der Waals surface area contributed by atoms with Crippen LogP contribution < -0.4 is 0 Å². The molecule has 9 heteroatoms. The molecule has 1 N–H and O–H groups in total. The molecule has 37 heavy (non-hydrogen) atoms. The van der Waals surface area contributed by atoms with Crippen molar-refractivity contribution in [1.29, 1.82) is 0 Å². The van der Waals surface area contributed by atoms with Crippen molar-refractivity contribution in [3.63, 3.8) is 0 Å². The first-order chi connectivity index (χ1) is 17.5. The molecule has 0 aliphatic carbocycles. The van der Waals surface area contributed by atoms with Crippen LogP contribution in [0.25, 0.3) is 11.1 Å². The molecule has 1 aromatic heterocycles. The summed E-state index contributed by atoms with van der Waals surface area (Å²) in [6.07, 6.45) is -1.28. The van der Waals surface area contributed by atoms with E-state index in [-0.39, 0.29) is 24.9 Å². The summed E-state index contributed by atoms with van der Waals surface area (Å²) in [5.41, 5.74) is 1.75. The molecule has 1 fully saturated rings. The normalized spacial score (nSPS) is 17.8. The maximum Gasteiger partial charge on any atom is 0.417 e. The lowest BCUT2D eigenvalue weighted by molar-refractivity contribution is -0.138. The van der Waals surface area contributed by atoms with Crippen LogP contribution in [0.15, 0.2) is 34.7 Å². The predicted molar refractivity (Wildman–Crippen MR) is 136 cm³/mol. The van der Waals surface area contributed by atoms with Crippen LogP contribution in [-0.4, -0.2) is 72.5 Å². The number of carbonyl (C=O) groups is 3. The standard InChI is InChI=1S/C28H37NO8/c1-17(2)25-28(4,5)37-27(33)29(25)26(32)24(34-6)23(31)22-16-20(19-10-7-9-18(3)15-19)21(36-22)11-8-13-35-14-12-30/h7,9-10,15-17,24-25,30H,8,11-14H2,1-6H3/t24-,25-/m1/s1. The number of imide groups is 1. The molecule has 1 saturated heterocycles. The molecular weight excluding hydrogens is 478 g/mol. The van der Waals surface area contributed by atoms with E-state index in [1.165, 1.54) is 7.11 Å². The van der Waals surface area contributed by atoms with Crippen molar-refractivity contribution >= 4 is 17.8 Å². The van der Waals surface area contributed by atoms with Gasteiger partial charge in [-0.3, -0.25) is 9.59 Å². The van der Waals surface area contributed by atoms with Crippen molar-refractivity contribution in [2.75, 3.05) is 26.9 Å². The van der Waals surface area contributed by atoms with Crippen LogP contribution in [0.3, 0.4) is 0 Å². The molecule has 202 valence electrons. The summed E-state index contributed by atoms with van der Waals surface area (Å²) in [4.78, 5) is 40.7. The number of hydrogen-bond acceptors (Lipinski definition) is 8. The fraction of sp³-hybridized carbons (Fsp3) is 0.536. The van der Waals surface area contributed by atoms with Crippen LogP contribution >= 0.6 is 0 Å². The van der Waals surface area contributed by atoms with Crippen LogP contribution in [-0.2, 0) is 25.4 Å². The molecule has 0 radical (unpaired) electrons. The third-order valence-corrected chi connectivity index (χ3v) is 6.41. The number of Topliss-reactive ketones (excluding diaryl/α,β-unsaturated/α-hetero) is 1. The zero-order valence-corrected chi connectivity index (χ0v) is 22.4. The molecule has 2 aromatic rings. The lowest BCUT2D eigenvalue weighted by Crippen LogP contribution is -2.53. The topological polar surface area (TPSA) is 116 Å². The van der Waals surface area contributed by atoms with Gasteiger partial charge in [0.25, 0.3) is 5.91 Å². The number of cyclic esters (lactones) is 1. The van der Waals surface area contributed by atoms with Gasteiger partial charge in [0.2, 0.25) is 11.9 Å². The second-order valence-corrected chi connectivity index (χ2v) is 10.1. The number of aryl methyl sites for hydroxylation is 2. The zero-order chi connectivity index (χ0) is 27.3. The molecule has 3 rings (SSSR count). The molecule has 2 atom stereocenters. The Balaban J connectivity index is 1.92. The Hall–Kier alpha value is -3.01. The fourth-order valence-electron chi connectivity index (χ4n) is 4.96. The van der Waals surface area contributed by atoms with Crippen LogP contribution in [0.4, 0.5) is 4.79 Å². The first kappa shape index (κ1) is 28.6. The average molecular weight is 516 g/mol. The number of amides is 2. The van der Waals surface area contributed by atoms with Gasteiger partial charge in [0, 0.05) is 25.7 Å². The third kappa shape index (κ3) is 6.29. The fourth-order valence-corrected chi connectivity index (χ4v) is 4.96. The molecule has 0 bridgehead atoms. The van der Waals surface area contributed by atoms with E-state index in [1.807, 2.05) is 45.0 Å². The number of ketones is 1. The lowest BCUT2D eigenvalue weighted by Gasteiger charge is -2.31. The summed E-state index contributed by atoms with van der Waals surface area (Å²) in [6, 6.07) is 8.85. The Morgan fingerprint density at radius 3 is 2.54 bits per heavy atom. The summed E-state index contributed by atoms with van der Waals surface area (Å²) in [7, 11) is 1.25. The second-order valence-electron chi connectivity index (χ2n) is 10.1. The monoisotopic (exact) mass is 515 g/mol. The SMILES string of the molecule is CO[C@H](C(=O)c1cc(-c2cccc(C)c2)c(CCCOCCO)o1)C(=O)N1C(=O)OC(C)(C)[C@H]1C(C)C. The Morgan fingerprint density at radius 2 is 1.92 bits per heavy atom. The number of nitrogens with zero attached hydrogens (tertiary/aromatic N) is 1. The van der Waals surface area contributed by atoms with Crippen LogP contribution in [0.1, 0.15) is 56.0 Å². The van der Waals surface area contributed by atoms with Gasteiger partial charge in [-0.25, -0.2) is 9.69 Å². The van der Waals surface area contributed by atoms with Gasteiger partial charge < -0.3 is 23.7 Å². The highest BCUT2D eigenvalue weighted by Crippen LogP contribution is 2.35. The van der Waals surface area contributed by atoms with E-state index >= 15 is 0 Å². The number of hydrogen-bond donors (Lipinski definition) is 1. The molecule has 1 aliphatic rings. The van der Waals surface area contributed by atoms with Gasteiger partial charge in [0.05, 0.1) is 19.3 Å². The summed E-state index contributed by atoms with van der Waals surface area (Å²) in [5, 5.41) is 8.90. The highest BCUT2D eigenvalue weighted by Gasteiger charge is 2.54. The van der Waals surface area contributed by atoms with Gasteiger partial charge in [0.1, 0.15) is 11.4 Å². The van der Waals surface area contributed by atoms with E-state index < -0.39 is 35.5 Å². The maximum absolute atomic E-state index is 13.5. The second kappa shape index (κ2) is 12.0. The third-order valence-electron chi connectivity index (χ3n) is 6.41. The molecule has 2 heterocycles. The van der Waals surface area contributed by atoms with Crippen molar-refractivity contribution in [2.24, 2.45) is 5.92 Å². The van der Waals surface area contributed by atoms with Gasteiger partial charge in [-0.2, -0.15) is 0 Å². The Labute approximate surface area is 217 Å². The largest absolute Gasteiger partial charge is 0.457 e. The van der Waals surface area contributed by atoms with Crippen LogP contribution in [0.2, 0.25) is 0 Å². The minimum atomic E-state index is -1.57. The summed E-state index contributed by atoms with van der Waals surface area (Å²) < 4.78 is 22.1. The molecule has 1 aromatic carbocycles. The van der Waals surface area contributed by atoms with Gasteiger partial charge >= 0.3 is 6.09 Å². The molecule has 0 saturated carbocycles. The van der Waals surface area contributed by atoms with Gasteiger partial charge in [-0.05, 0) is 44.7 Å². The Morgan fingerprint density at radius 1 is 1.19 bits per heavy atom. The van der Waals surface area contributed by atoms with Crippen molar-refractivity contribution in [2.45, 2.75) is 65.2 Å². The Bertz CT molecular complexity index is 1120. The van der Waals surface area contributed by atoms with E-state index in [0.29, 0.717) is 25.2 Å². The minimum absolute atomic E-state index is 0.0316. The van der Waals surface area contributed by atoms with Crippen LogP contribution in [0, 0.1) is 12.8 Å². The first-order valence-corrected chi connectivity index (χ1v) is 12.5. The van der Waals surface area contributed by atoms with E-state index in [4.69, 9.17) is 23.7 Å². The van der Waals surface area contributed by atoms with Gasteiger partial charge in [-0.1, -0.05) is 43.7 Å². The smallest absolute Gasteiger partial charge is 0.417 e. The number of aliphatic hydroxyl groups excluding tert-OH is 1. The van der Waals surface area contributed by atoms with Crippen molar-refractivity contribution < 1.29 is 38.1 Å². The highest BCUT2D eigenvalue weighted by atomic mass is 16.6. The minimum Gasteiger partial charge on any atom is -0.457 e. The van der Waals surface area contributed by atoms with Gasteiger partial charge in [-0.15, -0.1) is 0 Å². The summed E-state index contributed by atoms with van der Waals surface area (Å²) in [6.45, 7) is 9.83. The molecule has 9 nitrogen and oxygen atoms in total. The molecule has 2 amide bonds. The number of aliphatic hydroxyl groups is 1. The summed E-state index contributed by atoms with van der Waals surface area (Å²) in [5.74, 6) is -1.02. The van der Waals surface area contributed by atoms with E-state index in [0.717, 1.165) is 21.6 Å².